The number of fused-ring (bicyclic) bond motifs is 1. The molecule has 0 amide bonds. The average molecular weight is 360 g/mol. The third-order valence-corrected chi connectivity index (χ3v) is 4.83. The van der Waals surface area contributed by atoms with Crippen molar-refractivity contribution in [3.63, 3.8) is 0 Å². The summed E-state index contributed by atoms with van der Waals surface area (Å²) >= 11 is 0. The minimum atomic E-state index is -0.373. The van der Waals surface area contributed by atoms with Crippen LogP contribution in [0.5, 0.6) is 0 Å². The van der Waals surface area contributed by atoms with E-state index in [2.05, 4.69) is 4.98 Å². The summed E-state index contributed by atoms with van der Waals surface area (Å²) < 4.78 is 4.59. The van der Waals surface area contributed by atoms with E-state index in [1.165, 1.54) is 9.13 Å². The molecule has 27 heavy (non-hydrogen) atoms. The topological polar surface area (TPSA) is 61.8 Å². The van der Waals surface area contributed by atoms with Gasteiger partial charge in [-0.1, -0.05) is 42.5 Å². The van der Waals surface area contributed by atoms with E-state index in [9.17, 15) is 9.59 Å². The number of hydrogen-bond donors (Lipinski definition) is 0. The minimum absolute atomic E-state index is 0.302. The maximum Gasteiger partial charge on any atom is 0.337 e. The van der Waals surface area contributed by atoms with E-state index >= 15 is 0 Å². The molecule has 6 nitrogen and oxygen atoms in total. The lowest BCUT2D eigenvalue weighted by molar-refractivity contribution is 0.655. The van der Waals surface area contributed by atoms with Crippen LogP contribution in [-0.4, -0.2) is 18.7 Å². The highest BCUT2D eigenvalue weighted by molar-refractivity contribution is 5.72. The van der Waals surface area contributed by atoms with Crippen LogP contribution in [-0.2, 0) is 13.1 Å². The Balaban J connectivity index is 2.01. The number of para-hydroxylation sites is 1. The summed E-state index contributed by atoms with van der Waals surface area (Å²) in [6.07, 6.45) is 1.64. The van der Waals surface area contributed by atoms with Crippen LogP contribution in [0.25, 0.3) is 16.9 Å². The number of aromatic nitrogens is 4. The van der Waals surface area contributed by atoms with Gasteiger partial charge in [-0.05, 0) is 37.1 Å². The summed E-state index contributed by atoms with van der Waals surface area (Å²) in [5, 5.41) is 0. The van der Waals surface area contributed by atoms with E-state index in [0.29, 0.717) is 29.9 Å². The fourth-order valence-corrected chi connectivity index (χ4v) is 3.36. The molecule has 0 aliphatic rings. The van der Waals surface area contributed by atoms with Crippen LogP contribution in [0.3, 0.4) is 0 Å². The summed E-state index contributed by atoms with van der Waals surface area (Å²) in [7, 11) is 0. The number of aryl methyl sites for hydroxylation is 1. The second-order valence-corrected chi connectivity index (χ2v) is 6.47. The molecule has 0 fully saturated rings. The normalized spacial score (nSPS) is 11.2. The third-order valence-electron chi connectivity index (χ3n) is 4.83. The summed E-state index contributed by atoms with van der Waals surface area (Å²) in [6, 6.07) is 17.3. The van der Waals surface area contributed by atoms with Crippen LogP contribution in [0.1, 0.15) is 18.1 Å². The number of nitrogens with zero attached hydrogens (tertiary/aromatic N) is 4. The van der Waals surface area contributed by atoms with E-state index < -0.39 is 0 Å². The molecular formula is C21H20N4O2. The Morgan fingerprint density at radius 3 is 2.37 bits per heavy atom. The van der Waals surface area contributed by atoms with Gasteiger partial charge in [0.25, 0.3) is 5.56 Å². The number of hydrogen-bond acceptors (Lipinski definition) is 3. The van der Waals surface area contributed by atoms with Crippen LogP contribution in [0.2, 0.25) is 0 Å². The van der Waals surface area contributed by atoms with E-state index in [0.717, 1.165) is 11.1 Å². The molecule has 4 aromatic rings. The molecule has 2 aromatic carbocycles. The zero-order valence-corrected chi connectivity index (χ0v) is 15.3. The van der Waals surface area contributed by atoms with Gasteiger partial charge >= 0.3 is 5.69 Å². The first-order chi connectivity index (χ1) is 13.1. The van der Waals surface area contributed by atoms with Crippen molar-refractivity contribution >= 4 is 11.2 Å². The molecule has 2 heterocycles. The molecule has 0 saturated carbocycles. The SMILES string of the molecule is CCn1c(=O)c2c(ncn2Cc2ccccc2C)n(-c2ccccc2)c1=O. The molecule has 0 N–H and O–H groups in total. The predicted molar refractivity (Wildman–Crippen MR) is 106 cm³/mol. The van der Waals surface area contributed by atoms with Gasteiger partial charge in [-0.25, -0.2) is 14.3 Å². The van der Waals surface area contributed by atoms with Crippen molar-refractivity contribution in [1.82, 2.24) is 18.7 Å². The highest BCUT2D eigenvalue weighted by Gasteiger charge is 2.18. The zero-order chi connectivity index (χ0) is 19.0. The van der Waals surface area contributed by atoms with Gasteiger partial charge in [-0.15, -0.1) is 0 Å². The first-order valence-corrected chi connectivity index (χ1v) is 8.92. The Morgan fingerprint density at radius 2 is 1.67 bits per heavy atom. The highest BCUT2D eigenvalue weighted by Crippen LogP contribution is 2.16. The molecule has 136 valence electrons. The van der Waals surface area contributed by atoms with Gasteiger partial charge in [-0.2, -0.15) is 0 Å². The van der Waals surface area contributed by atoms with Crippen LogP contribution in [0.4, 0.5) is 0 Å². The smallest absolute Gasteiger partial charge is 0.320 e. The fourth-order valence-electron chi connectivity index (χ4n) is 3.36. The first kappa shape index (κ1) is 17.0. The maximum atomic E-state index is 13.0. The molecule has 2 aromatic heterocycles. The van der Waals surface area contributed by atoms with Crippen molar-refractivity contribution in [1.29, 1.82) is 0 Å². The summed E-state index contributed by atoms with van der Waals surface area (Å²) in [6.45, 7) is 4.66. The van der Waals surface area contributed by atoms with Gasteiger partial charge in [-0.3, -0.25) is 9.36 Å². The zero-order valence-electron chi connectivity index (χ0n) is 15.3. The minimum Gasteiger partial charge on any atom is -0.320 e. The Labute approximate surface area is 156 Å². The monoisotopic (exact) mass is 360 g/mol. The largest absolute Gasteiger partial charge is 0.337 e. The molecule has 6 heteroatoms. The lowest BCUT2D eigenvalue weighted by Gasteiger charge is -2.12. The van der Waals surface area contributed by atoms with Gasteiger partial charge in [0.1, 0.15) is 0 Å². The summed E-state index contributed by atoms with van der Waals surface area (Å²) in [5.74, 6) is 0. The Bertz CT molecular complexity index is 1230. The first-order valence-electron chi connectivity index (χ1n) is 8.92. The number of imidazole rings is 1. The van der Waals surface area contributed by atoms with Crippen LogP contribution in [0.15, 0.2) is 70.5 Å². The molecule has 0 aliphatic carbocycles. The van der Waals surface area contributed by atoms with Gasteiger partial charge in [0.05, 0.1) is 12.0 Å². The maximum absolute atomic E-state index is 13.0. The summed E-state index contributed by atoms with van der Waals surface area (Å²) in [5.41, 5.74) is 3.08. The fraction of sp³-hybridized carbons (Fsp3) is 0.190. The van der Waals surface area contributed by atoms with E-state index in [4.69, 9.17) is 0 Å². The molecule has 0 atom stereocenters. The lowest BCUT2D eigenvalue weighted by Crippen LogP contribution is -2.39. The van der Waals surface area contributed by atoms with Gasteiger partial charge < -0.3 is 4.57 Å². The number of benzene rings is 2. The van der Waals surface area contributed by atoms with Crippen LogP contribution in [0, 0.1) is 6.92 Å². The quantitative estimate of drug-likeness (QED) is 0.562. The van der Waals surface area contributed by atoms with Crippen molar-refractivity contribution in [2.45, 2.75) is 26.9 Å². The van der Waals surface area contributed by atoms with E-state index in [1.807, 2.05) is 66.1 Å². The van der Waals surface area contributed by atoms with Crippen molar-refractivity contribution < 1.29 is 0 Å². The lowest BCUT2D eigenvalue weighted by atomic mass is 10.1. The van der Waals surface area contributed by atoms with E-state index in [-0.39, 0.29) is 11.2 Å². The Morgan fingerprint density at radius 1 is 0.963 bits per heavy atom. The molecule has 0 aliphatic heterocycles. The number of rotatable bonds is 4. The third kappa shape index (κ3) is 2.79. The molecular weight excluding hydrogens is 340 g/mol. The Kier molecular flexibility index (Phi) is 4.24. The van der Waals surface area contributed by atoms with Crippen molar-refractivity contribution in [2.24, 2.45) is 0 Å². The Hall–Kier alpha value is -3.41. The molecule has 0 bridgehead atoms. The van der Waals surface area contributed by atoms with E-state index in [1.54, 1.807) is 13.3 Å². The standard InChI is InChI=1S/C21H20N4O2/c1-3-24-20(26)18-19(25(21(24)27)17-11-5-4-6-12-17)22-14-23(18)13-16-10-8-7-9-15(16)2/h4-12,14H,3,13H2,1-2H3. The highest BCUT2D eigenvalue weighted by atomic mass is 16.2. The van der Waals surface area contributed by atoms with Crippen LogP contribution < -0.4 is 11.2 Å². The molecule has 0 radical (unpaired) electrons. The van der Waals surface area contributed by atoms with Gasteiger partial charge in [0.2, 0.25) is 0 Å². The second kappa shape index (κ2) is 6.72. The average Bonchev–Trinajstić information content (AvgIpc) is 3.08. The second-order valence-electron chi connectivity index (χ2n) is 6.47. The van der Waals surface area contributed by atoms with Crippen molar-refractivity contribution in [2.75, 3.05) is 0 Å². The van der Waals surface area contributed by atoms with Crippen LogP contribution >= 0.6 is 0 Å². The van der Waals surface area contributed by atoms with Gasteiger partial charge in [0.15, 0.2) is 11.2 Å². The van der Waals surface area contributed by atoms with Gasteiger partial charge in [0, 0.05) is 13.1 Å². The molecule has 4 rings (SSSR count). The summed E-state index contributed by atoms with van der Waals surface area (Å²) in [4.78, 5) is 30.4. The predicted octanol–water partition coefficient (Wildman–Crippen LogP) is 2.73. The molecule has 0 saturated heterocycles. The van der Waals surface area contributed by atoms with Crippen molar-refractivity contribution in [3.8, 4) is 5.69 Å². The van der Waals surface area contributed by atoms with Crippen molar-refractivity contribution in [3.05, 3.63) is 92.9 Å². The molecule has 0 unspecified atom stereocenters. The molecule has 0 spiro atoms.